The number of halogens is 2. The van der Waals surface area contributed by atoms with Gasteiger partial charge in [0.25, 0.3) is 0 Å². The number of anilines is 1. The van der Waals surface area contributed by atoms with Crippen molar-refractivity contribution in [3.8, 4) is 0 Å². The van der Waals surface area contributed by atoms with E-state index >= 15 is 0 Å². The Hall–Kier alpha value is -0.880. The van der Waals surface area contributed by atoms with Crippen LogP contribution >= 0.6 is 27.7 Å². The number of hydrogen-bond donors (Lipinski definition) is 0. The maximum Gasteiger partial charge on any atom is 0.228 e. The van der Waals surface area contributed by atoms with Crippen LogP contribution in [0.1, 0.15) is 18.9 Å². The highest BCUT2D eigenvalue weighted by Crippen LogP contribution is 2.33. The highest BCUT2D eigenvalue weighted by atomic mass is 79.9. The van der Waals surface area contributed by atoms with Crippen LogP contribution in [-0.2, 0) is 9.59 Å². The second-order valence-corrected chi connectivity index (χ2v) is 6.78. The molecular weight excluding hydrogens is 333 g/mol. The summed E-state index contributed by atoms with van der Waals surface area (Å²) in [7, 11) is 0. The molecule has 0 radical (unpaired) electrons. The molecule has 6 heteroatoms. The van der Waals surface area contributed by atoms with Gasteiger partial charge in [-0.05, 0) is 35.0 Å². The minimum atomic E-state index is -0.354. The van der Waals surface area contributed by atoms with Crippen LogP contribution in [0.2, 0.25) is 0 Å². The third kappa shape index (κ3) is 3.00. The molecule has 0 N–H and O–H groups in total. The second kappa shape index (κ2) is 5.63. The van der Waals surface area contributed by atoms with E-state index in [0.717, 1.165) is 0 Å². The monoisotopic (exact) mass is 345 g/mol. The molecule has 0 spiro atoms. The fourth-order valence-electron chi connectivity index (χ4n) is 2.16. The normalized spacial score (nSPS) is 19.1. The maximum absolute atomic E-state index is 13.8. The van der Waals surface area contributed by atoms with Crippen molar-refractivity contribution < 1.29 is 14.0 Å². The molecule has 1 saturated heterocycles. The number of carbonyl (C=O) groups is 2. The molecule has 1 unspecified atom stereocenters. The van der Waals surface area contributed by atoms with Crippen molar-refractivity contribution in [2.75, 3.05) is 11.4 Å². The van der Waals surface area contributed by atoms with Gasteiger partial charge in [-0.1, -0.05) is 11.8 Å². The summed E-state index contributed by atoms with van der Waals surface area (Å²) >= 11 is 4.29. The van der Waals surface area contributed by atoms with Crippen molar-refractivity contribution in [3.05, 3.63) is 28.0 Å². The van der Waals surface area contributed by atoms with Crippen molar-refractivity contribution in [2.24, 2.45) is 0 Å². The zero-order valence-electron chi connectivity index (χ0n) is 10.6. The molecule has 2 rings (SSSR count). The van der Waals surface area contributed by atoms with Gasteiger partial charge in [0.05, 0.1) is 4.47 Å². The summed E-state index contributed by atoms with van der Waals surface area (Å²) in [5, 5.41) is -0.0468. The Labute approximate surface area is 123 Å². The Kier molecular flexibility index (Phi) is 4.30. The third-order valence-electron chi connectivity index (χ3n) is 3.02. The van der Waals surface area contributed by atoms with Crippen LogP contribution in [0.4, 0.5) is 10.1 Å². The average Bonchev–Trinajstić information content (AvgIpc) is 2.66. The molecule has 0 aliphatic carbocycles. The molecule has 1 aliphatic rings. The number of nitrogens with zero attached hydrogens (tertiary/aromatic N) is 1. The number of amides is 1. The molecule has 0 saturated carbocycles. The summed E-state index contributed by atoms with van der Waals surface area (Å²) in [6, 6.07) is 3.32. The number of thioether (sulfide) groups is 1. The molecular formula is C13H13BrFNO2S. The van der Waals surface area contributed by atoms with E-state index < -0.39 is 0 Å². The first-order chi connectivity index (χ1) is 8.90. The van der Waals surface area contributed by atoms with Crippen molar-refractivity contribution in [3.63, 3.8) is 0 Å². The molecule has 1 heterocycles. The van der Waals surface area contributed by atoms with E-state index in [0.29, 0.717) is 28.7 Å². The van der Waals surface area contributed by atoms with Gasteiger partial charge in [0.1, 0.15) is 5.82 Å². The predicted molar refractivity (Wildman–Crippen MR) is 77.9 cm³/mol. The lowest BCUT2D eigenvalue weighted by Crippen LogP contribution is -2.26. The van der Waals surface area contributed by atoms with Gasteiger partial charge in [-0.15, -0.1) is 0 Å². The first kappa shape index (κ1) is 14.5. The van der Waals surface area contributed by atoms with Crippen LogP contribution in [0, 0.1) is 12.7 Å². The first-order valence-corrected chi connectivity index (χ1v) is 7.49. The predicted octanol–water partition coefficient (Wildman–Crippen LogP) is 3.28. The van der Waals surface area contributed by atoms with Gasteiger partial charge < -0.3 is 4.90 Å². The second-order valence-electron chi connectivity index (χ2n) is 4.45. The largest absolute Gasteiger partial charge is 0.311 e. The molecule has 19 heavy (non-hydrogen) atoms. The molecule has 0 bridgehead atoms. The van der Waals surface area contributed by atoms with Crippen LogP contribution in [0.5, 0.6) is 0 Å². The fraction of sp³-hybridized carbons (Fsp3) is 0.385. The zero-order chi connectivity index (χ0) is 14.2. The Morgan fingerprint density at radius 2 is 2.21 bits per heavy atom. The zero-order valence-corrected chi connectivity index (χ0v) is 13.0. The van der Waals surface area contributed by atoms with Gasteiger partial charge in [-0.25, -0.2) is 4.39 Å². The highest BCUT2D eigenvalue weighted by molar-refractivity contribution is 9.10. The average molecular weight is 346 g/mol. The van der Waals surface area contributed by atoms with E-state index in [9.17, 15) is 14.0 Å². The maximum atomic E-state index is 13.8. The van der Waals surface area contributed by atoms with Crippen LogP contribution in [0.3, 0.4) is 0 Å². The molecule has 1 aromatic rings. The van der Waals surface area contributed by atoms with Gasteiger partial charge in [-0.3, -0.25) is 9.59 Å². The summed E-state index contributed by atoms with van der Waals surface area (Å²) in [5.41, 5.74) is 1.02. The summed E-state index contributed by atoms with van der Waals surface area (Å²) in [4.78, 5) is 24.6. The lowest BCUT2D eigenvalue weighted by atomic mass is 10.1. The topological polar surface area (TPSA) is 37.4 Å². The molecule has 1 aromatic carbocycles. The summed E-state index contributed by atoms with van der Waals surface area (Å²) in [6.07, 6.45) is 0.321. The van der Waals surface area contributed by atoms with Crippen molar-refractivity contribution in [1.29, 1.82) is 0 Å². The number of rotatable bonds is 2. The van der Waals surface area contributed by atoms with E-state index in [1.54, 1.807) is 24.0 Å². The molecule has 1 atom stereocenters. The van der Waals surface area contributed by atoms with Crippen molar-refractivity contribution >= 4 is 44.4 Å². The quantitative estimate of drug-likeness (QED) is 0.825. The smallest absolute Gasteiger partial charge is 0.228 e. The summed E-state index contributed by atoms with van der Waals surface area (Å²) in [6.45, 7) is 3.58. The first-order valence-electron chi connectivity index (χ1n) is 5.82. The summed E-state index contributed by atoms with van der Waals surface area (Å²) < 4.78 is 14.2. The Bertz CT molecular complexity index is 550. The van der Waals surface area contributed by atoms with E-state index in [1.807, 2.05) is 0 Å². The minimum Gasteiger partial charge on any atom is -0.311 e. The SMILES string of the molecule is CC(=O)SC1CC(=O)N(c2ccc(Br)c(F)c2C)C1. The molecule has 1 amide bonds. The molecule has 102 valence electrons. The van der Waals surface area contributed by atoms with Crippen LogP contribution in [0.25, 0.3) is 0 Å². The molecule has 1 fully saturated rings. The van der Waals surface area contributed by atoms with Gasteiger partial charge in [-0.2, -0.15) is 0 Å². The number of carbonyl (C=O) groups excluding carboxylic acids is 2. The van der Waals surface area contributed by atoms with E-state index in [4.69, 9.17) is 0 Å². The Balaban J connectivity index is 2.26. The Morgan fingerprint density at radius 3 is 2.84 bits per heavy atom. The number of benzene rings is 1. The minimum absolute atomic E-state index is 0.00152. The molecule has 0 aromatic heterocycles. The van der Waals surface area contributed by atoms with Gasteiger partial charge in [0.15, 0.2) is 5.12 Å². The Morgan fingerprint density at radius 1 is 1.53 bits per heavy atom. The third-order valence-corrected chi connectivity index (χ3v) is 4.62. The highest BCUT2D eigenvalue weighted by Gasteiger charge is 2.33. The van der Waals surface area contributed by atoms with Crippen LogP contribution in [-0.4, -0.2) is 22.8 Å². The number of hydrogen-bond acceptors (Lipinski definition) is 3. The van der Waals surface area contributed by atoms with Gasteiger partial charge >= 0.3 is 0 Å². The van der Waals surface area contributed by atoms with Gasteiger partial charge in [0, 0.05) is 36.4 Å². The van der Waals surface area contributed by atoms with Crippen LogP contribution in [0.15, 0.2) is 16.6 Å². The van der Waals surface area contributed by atoms with E-state index in [-0.39, 0.29) is 22.1 Å². The van der Waals surface area contributed by atoms with Crippen molar-refractivity contribution in [2.45, 2.75) is 25.5 Å². The lowest BCUT2D eigenvalue weighted by Gasteiger charge is -2.19. The van der Waals surface area contributed by atoms with E-state index in [1.165, 1.54) is 18.7 Å². The molecule has 3 nitrogen and oxygen atoms in total. The standard InChI is InChI=1S/C13H13BrFNO2S/c1-7-11(4-3-10(14)13(7)15)16-6-9(5-12(16)18)19-8(2)17/h3-4,9H,5-6H2,1-2H3. The fourth-order valence-corrected chi connectivity index (χ4v) is 3.50. The van der Waals surface area contributed by atoms with E-state index in [2.05, 4.69) is 15.9 Å². The van der Waals surface area contributed by atoms with Gasteiger partial charge in [0.2, 0.25) is 5.91 Å². The molecule has 1 aliphatic heterocycles. The lowest BCUT2D eigenvalue weighted by molar-refractivity contribution is -0.117. The summed E-state index contributed by atoms with van der Waals surface area (Å²) in [5.74, 6) is -0.420. The van der Waals surface area contributed by atoms with Crippen LogP contribution < -0.4 is 4.90 Å². The van der Waals surface area contributed by atoms with Crippen molar-refractivity contribution in [1.82, 2.24) is 0 Å².